The van der Waals surface area contributed by atoms with Gasteiger partial charge in [0.2, 0.25) is 0 Å². The fraction of sp³-hybridized carbons (Fsp3) is 0.0345. The molecule has 0 aromatic heterocycles. The van der Waals surface area contributed by atoms with Crippen LogP contribution < -0.4 is 0 Å². The van der Waals surface area contributed by atoms with E-state index in [-0.39, 0.29) is 40.7 Å². The van der Waals surface area contributed by atoms with Gasteiger partial charge in [-0.15, -0.1) is 0 Å². The normalized spacial score (nSPS) is 15.9. The predicted molar refractivity (Wildman–Crippen MR) is 254 cm³/mol. The van der Waals surface area contributed by atoms with Gasteiger partial charge in [-0.1, -0.05) is 0 Å². The van der Waals surface area contributed by atoms with E-state index >= 15 is 0 Å². The monoisotopic (exact) mass is 896 g/mol. The van der Waals surface area contributed by atoms with E-state index in [0.29, 0.717) is 0 Å². The second-order valence-corrected chi connectivity index (χ2v) is 20.2. The molecule has 2 spiro atoms. The fourth-order valence-corrected chi connectivity index (χ4v) is 14.7. The molecule has 2 aliphatic heterocycles. The van der Waals surface area contributed by atoms with Gasteiger partial charge < -0.3 is 0 Å². The molecule has 0 saturated carbocycles. The molecule has 2 heterocycles. The first-order chi connectivity index (χ1) is 29.7. The third kappa shape index (κ3) is 6.28. The summed E-state index contributed by atoms with van der Waals surface area (Å²) >= 11 is 0.501. The molecule has 12 rings (SSSR count). The van der Waals surface area contributed by atoms with E-state index < -0.39 is 0 Å². The van der Waals surface area contributed by atoms with Gasteiger partial charge in [0.1, 0.15) is 0 Å². The van der Waals surface area contributed by atoms with Crippen molar-refractivity contribution in [2.24, 2.45) is 0 Å². The molecule has 4 aliphatic rings. The van der Waals surface area contributed by atoms with Crippen molar-refractivity contribution in [3.8, 4) is 22.3 Å². The molecule has 0 saturated heterocycles. The van der Waals surface area contributed by atoms with Gasteiger partial charge in [0, 0.05) is 0 Å². The van der Waals surface area contributed by atoms with Gasteiger partial charge in [-0.3, -0.25) is 0 Å². The number of hydrogen-bond donors (Lipinski definition) is 0. The molecule has 2 heteroatoms. The van der Waals surface area contributed by atoms with Gasteiger partial charge in [0.25, 0.3) is 0 Å². The van der Waals surface area contributed by atoms with E-state index in [1.807, 2.05) is 0 Å². The second kappa shape index (κ2) is 15.4. The van der Waals surface area contributed by atoms with E-state index in [1.54, 1.807) is 0 Å². The quantitative estimate of drug-likeness (QED) is 0.154. The SMILES string of the molecule is C1=C(c2ccccc2)[Se]C(c2ccccc2)=CC12c1ccccc1-c1ccccc12.C1=C(c2ccccc2)[Se]C(c2ccccc2)=CC12c1ccccc1-c1ccccc12. The summed E-state index contributed by atoms with van der Waals surface area (Å²) in [5, 5.41) is 0. The zero-order valence-electron chi connectivity index (χ0n) is 32.9. The van der Waals surface area contributed by atoms with Gasteiger partial charge >= 0.3 is 368 Å². The zero-order chi connectivity index (χ0) is 39.9. The van der Waals surface area contributed by atoms with Crippen LogP contribution in [-0.2, 0) is 10.8 Å². The Kier molecular flexibility index (Phi) is 9.46. The van der Waals surface area contributed by atoms with Gasteiger partial charge in [-0.25, -0.2) is 0 Å². The predicted octanol–water partition coefficient (Wildman–Crippen LogP) is 13.5. The minimum absolute atomic E-state index is 0.219. The van der Waals surface area contributed by atoms with Crippen molar-refractivity contribution in [3.63, 3.8) is 0 Å². The summed E-state index contributed by atoms with van der Waals surface area (Å²) in [6.07, 6.45) is 10.2. The molecule has 284 valence electrons. The summed E-state index contributed by atoms with van der Waals surface area (Å²) in [6, 6.07) is 79.3. The molecule has 0 nitrogen and oxygen atoms in total. The maximum absolute atomic E-state index is 2.54. The Morgan fingerprint density at radius 1 is 0.217 bits per heavy atom. The summed E-state index contributed by atoms with van der Waals surface area (Å²) in [5.74, 6) is 0. The van der Waals surface area contributed by atoms with Crippen LogP contribution in [0.2, 0.25) is 0 Å². The molecule has 8 aromatic rings. The van der Waals surface area contributed by atoms with Crippen LogP contribution in [-0.4, -0.2) is 29.9 Å². The Morgan fingerprint density at radius 2 is 0.417 bits per heavy atom. The van der Waals surface area contributed by atoms with Crippen LogP contribution in [0.25, 0.3) is 40.1 Å². The first-order valence-corrected chi connectivity index (χ1v) is 24.0. The Balaban J connectivity index is 0.000000136. The van der Waals surface area contributed by atoms with Gasteiger partial charge in [-0.05, 0) is 0 Å². The Hall–Kier alpha value is -6.24. The Labute approximate surface area is 365 Å². The molecule has 0 N–H and O–H groups in total. The van der Waals surface area contributed by atoms with Crippen LogP contribution >= 0.6 is 0 Å². The fourth-order valence-electron chi connectivity index (χ4n) is 9.47. The van der Waals surface area contributed by atoms with E-state index in [0.717, 1.165) is 0 Å². The van der Waals surface area contributed by atoms with Crippen LogP contribution in [0, 0.1) is 0 Å². The van der Waals surface area contributed by atoms with Crippen LogP contribution in [0.3, 0.4) is 0 Å². The van der Waals surface area contributed by atoms with Crippen molar-refractivity contribution < 1.29 is 0 Å². The summed E-state index contributed by atoms with van der Waals surface area (Å²) in [6.45, 7) is 0. The molecule has 0 atom stereocenters. The molecule has 0 bridgehead atoms. The van der Waals surface area contributed by atoms with E-state index in [4.69, 9.17) is 0 Å². The van der Waals surface area contributed by atoms with Crippen LogP contribution in [0.1, 0.15) is 44.5 Å². The maximum atomic E-state index is 2.54. The summed E-state index contributed by atoms with van der Waals surface area (Å²) in [5.41, 5.74) is 15.9. The third-order valence-corrected chi connectivity index (χ3v) is 17.0. The van der Waals surface area contributed by atoms with Crippen molar-refractivity contribution in [2.75, 3.05) is 0 Å². The van der Waals surface area contributed by atoms with E-state index in [1.165, 1.54) is 84.6 Å². The second-order valence-electron chi connectivity index (χ2n) is 15.6. The first-order valence-electron chi connectivity index (χ1n) is 20.6. The zero-order valence-corrected chi connectivity index (χ0v) is 36.3. The van der Waals surface area contributed by atoms with Crippen molar-refractivity contribution in [1.82, 2.24) is 0 Å². The number of fused-ring (bicyclic) bond motifs is 10. The number of allylic oxidation sites excluding steroid dienone is 4. The van der Waals surface area contributed by atoms with Crippen molar-refractivity contribution in [1.29, 1.82) is 0 Å². The van der Waals surface area contributed by atoms with E-state index in [9.17, 15) is 0 Å². The molecule has 0 radical (unpaired) electrons. The van der Waals surface area contributed by atoms with Gasteiger partial charge in [0.05, 0.1) is 0 Å². The van der Waals surface area contributed by atoms with Crippen molar-refractivity contribution in [3.05, 3.63) is 287 Å². The van der Waals surface area contributed by atoms with Crippen molar-refractivity contribution >= 4 is 47.8 Å². The average molecular weight is 895 g/mol. The first kappa shape index (κ1) is 36.8. The molecule has 0 amide bonds. The topological polar surface area (TPSA) is 0 Å². The number of rotatable bonds is 4. The molecule has 2 aliphatic carbocycles. The summed E-state index contributed by atoms with van der Waals surface area (Å²) < 4.78 is 5.82. The molecular weight excluding hydrogens is 855 g/mol. The summed E-state index contributed by atoms with van der Waals surface area (Å²) in [7, 11) is 0. The number of hydrogen-bond acceptors (Lipinski definition) is 0. The number of benzene rings is 8. The Morgan fingerprint density at radius 3 is 0.650 bits per heavy atom. The van der Waals surface area contributed by atoms with Crippen molar-refractivity contribution in [2.45, 2.75) is 10.8 Å². The third-order valence-electron chi connectivity index (χ3n) is 12.2. The molecule has 0 fully saturated rings. The van der Waals surface area contributed by atoms with Gasteiger partial charge in [-0.2, -0.15) is 0 Å². The Bertz CT molecular complexity index is 2600. The molecule has 8 aromatic carbocycles. The standard InChI is InChI=1S/2C29H20Se/c2*1-3-11-21(12-4-1)27-19-29(20-28(30-27)22-13-5-2-6-14-22)25-17-9-7-15-23(25)24-16-8-10-18-26(24)29/h2*1-20H. The summed E-state index contributed by atoms with van der Waals surface area (Å²) in [4.78, 5) is 0. The van der Waals surface area contributed by atoms with Crippen LogP contribution in [0.4, 0.5) is 0 Å². The van der Waals surface area contributed by atoms with Crippen LogP contribution in [0.15, 0.2) is 243 Å². The molecule has 0 unspecified atom stereocenters. The molecular formula is C58H40Se2. The average Bonchev–Trinajstić information content (AvgIpc) is 3.75. The van der Waals surface area contributed by atoms with E-state index in [2.05, 4.69) is 243 Å². The minimum atomic E-state index is -0.219. The molecule has 60 heavy (non-hydrogen) atoms. The van der Waals surface area contributed by atoms with Crippen LogP contribution in [0.5, 0.6) is 0 Å². The van der Waals surface area contributed by atoms with Gasteiger partial charge in [0.15, 0.2) is 0 Å².